The molecule has 0 saturated heterocycles. The van der Waals surface area contributed by atoms with Crippen LogP contribution in [0.4, 0.5) is 5.82 Å². The first-order valence-electron chi connectivity index (χ1n) is 4.47. The van der Waals surface area contributed by atoms with Crippen LogP contribution in [0.15, 0.2) is 12.5 Å². The van der Waals surface area contributed by atoms with Crippen molar-refractivity contribution < 1.29 is 0 Å². The van der Waals surface area contributed by atoms with Crippen LogP contribution in [0.2, 0.25) is 0 Å². The van der Waals surface area contributed by atoms with Crippen molar-refractivity contribution in [2.24, 2.45) is 0 Å². The van der Waals surface area contributed by atoms with Gasteiger partial charge >= 0.3 is 0 Å². The second-order valence-corrected chi connectivity index (χ2v) is 4.22. The molecule has 2 heterocycles. The minimum atomic E-state index is 0.665. The zero-order valence-corrected chi connectivity index (χ0v) is 8.89. The number of rotatable bonds is 1. The molecular weight excluding hydrogens is 178 g/mol. The summed E-state index contributed by atoms with van der Waals surface area (Å²) in [6, 6.07) is 0. The fourth-order valence-electron chi connectivity index (χ4n) is 1.41. The number of aromatic nitrogens is 4. The van der Waals surface area contributed by atoms with Gasteiger partial charge in [-0.05, 0) is 6.92 Å². The maximum Gasteiger partial charge on any atom is 0.256 e. The summed E-state index contributed by atoms with van der Waals surface area (Å²) in [6.45, 7) is 1.89. The summed E-state index contributed by atoms with van der Waals surface area (Å²) >= 11 is 0. The van der Waals surface area contributed by atoms with Gasteiger partial charge in [0.1, 0.15) is 6.33 Å². The lowest BCUT2D eigenvalue weighted by molar-refractivity contribution is 0.471. The van der Waals surface area contributed by atoms with Gasteiger partial charge in [-0.25, -0.2) is 9.50 Å². The summed E-state index contributed by atoms with van der Waals surface area (Å²) in [6.07, 6.45) is 3.49. The molecule has 0 aliphatic rings. The van der Waals surface area contributed by atoms with E-state index in [1.807, 2.05) is 6.92 Å². The molecule has 14 heavy (non-hydrogen) atoms. The monoisotopic (exact) mass is 192 g/mol. The predicted molar refractivity (Wildman–Crippen MR) is 55.1 cm³/mol. The molecule has 2 aromatic rings. The number of hydrogen-bond acceptors (Lipinski definition) is 3. The van der Waals surface area contributed by atoms with Crippen LogP contribution in [0, 0.1) is 6.92 Å². The number of nitrogens with zero attached hydrogens (tertiary/aromatic N) is 5. The SMILES string of the molecule is Cc1nc([N+](C)(C)C)c2cncn2n1. The lowest BCUT2D eigenvalue weighted by Crippen LogP contribution is -2.36. The van der Waals surface area contributed by atoms with Crippen LogP contribution in [0.5, 0.6) is 0 Å². The van der Waals surface area contributed by atoms with Crippen molar-refractivity contribution in [3.05, 3.63) is 18.3 Å². The molecule has 0 aliphatic carbocycles. The molecule has 0 spiro atoms. The molecule has 0 N–H and O–H groups in total. The van der Waals surface area contributed by atoms with Gasteiger partial charge in [0.25, 0.3) is 5.82 Å². The highest BCUT2D eigenvalue weighted by Crippen LogP contribution is 2.19. The molecule has 5 nitrogen and oxygen atoms in total. The zero-order valence-electron chi connectivity index (χ0n) is 8.89. The number of imidazole rings is 1. The van der Waals surface area contributed by atoms with E-state index in [0.717, 1.165) is 17.2 Å². The van der Waals surface area contributed by atoms with Crippen molar-refractivity contribution in [2.45, 2.75) is 6.92 Å². The summed E-state index contributed by atoms with van der Waals surface area (Å²) in [7, 11) is 6.23. The minimum Gasteiger partial charge on any atom is -0.280 e. The molecule has 0 saturated carbocycles. The molecule has 74 valence electrons. The predicted octanol–water partition coefficient (Wildman–Crippen LogP) is 0.629. The van der Waals surface area contributed by atoms with E-state index in [-0.39, 0.29) is 0 Å². The molecule has 0 unspecified atom stereocenters. The summed E-state index contributed by atoms with van der Waals surface area (Å²) in [5.41, 5.74) is 0.961. The fourth-order valence-corrected chi connectivity index (χ4v) is 1.41. The van der Waals surface area contributed by atoms with Crippen LogP contribution in [-0.2, 0) is 0 Å². The molecular formula is C9H14N5+. The summed E-state index contributed by atoms with van der Waals surface area (Å²) in [5, 5.41) is 4.24. The zero-order chi connectivity index (χ0) is 10.3. The Kier molecular flexibility index (Phi) is 1.78. The van der Waals surface area contributed by atoms with E-state index in [2.05, 4.69) is 36.2 Å². The largest absolute Gasteiger partial charge is 0.280 e. The Labute approximate surface area is 82.6 Å². The third-order valence-electron chi connectivity index (χ3n) is 2.00. The second-order valence-electron chi connectivity index (χ2n) is 4.22. The molecule has 5 heteroatoms. The highest BCUT2D eigenvalue weighted by atomic mass is 15.4. The molecule has 0 aliphatic heterocycles. The van der Waals surface area contributed by atoms with Crippen LogP contribution in [0.25, 0.3) is 5.52 Å². The highest BCUT2D eigenvalue weighted by Gasteiger charge is 2.20. The van der Waals surface area contributed by atoms with Crippen molar-refractivity contribution in [3.8, 4) is 0 Å². The summed E-state index contributed by atoms with van der Waals surface area (Å²) in [4.78, 5) is 8.51. The maximum atomic E-state index is 4.45. The Morgan fingerprint density at radius 2 is 2.00 bits per heavy atom. The van der Waals surface area contributed by atoms with E-state index in [0.29, 0.717) is 4.48 Å². The van der Waals surface area contributed by atoms with Crippen molar-refractivity contribution in [1.29, 1.82) is 0 Å². The molecule has 0 aromatic carbocycles. The van der Waals surface area contributed by atoms with Gasteiger partial charge < -0.3 is 0 Å². The number of aryl methyl sites for hydroxylation is 1. The Balaban J connectivity index is 2.80. The van der Waals surface area contributed by atoms with Gasteiger partial charge in [-0.1, -0.05) is 0 Å². The van der Waals surface area contributed by atoms with Gasteiger partial charge in [0.2, 0.25) is 0 Å². The lowest BCUT2D eigenvalue weighted by Gasteiger charge is -2.22. The molecule has 0 fully saturated rings. The standard InChI is InChI=1S/C9H14N5/c1-7-11-9(14(2,3)4)8-5-10-6-13(8)12-7/h5-6H,1-4H3/q+1. The van der Waals surface area contributed by atoms with E-state index in [1.165, 1.54) is 0 Å². The van der Waals surface area contributed by atoms with E-state index < -0.39 is 0 Å². The average Bonchev–Trinajstić information content (AvgIpc) is 2.47. The quantitative estimate of drug-likeness (QED) is 0.622. The van der Waals surface area contributed by atoms with Crippen LogP contribution in [-0.4, -0.2) is 40.7 Å². The van der Waals surface area contributed by atoms with Gasteiger partial charge in [-0.15, -0.1) is 0 Å². The van der Waals surface area contributed by atoms with E-state index >= 15 is 0 Å². The van der Waals surface area contributed by atoms with Gasteiger partial charge in [-0.2, -0.15) is 10.1 Å². The summed E-state index contributed by atoms with van der Waals surface area (Å²) < 4.78 is 2.43. The minimum absolute atomic E-state index is 0.665. The Bertz CT molecular complexity index is 465. The molecule has 0 bridgehead atoms. The highest BCUT2D eigenvalue weighted by molar-refractivity contribution is 5.64. The van der Waals surface area contributed by atoms with Gasteiger partial charge in [0, 0.05) is 0 Å². The Morgan fingerprint density at radius 3 is 2.64 bits per heavy atom. The molecule has 0 amide bonds. The van der Waals surface area contributed by atoms with Crippen molar-refractivity contribution in [3.63, 3.8) is 0 Å². The first kappa shape index (κ1) is 9.08. The molecule has 0 radical (unpaired) electrons. The van der Waals surface area contributed by atoms with E-state index in [9.17, 15) is 0 Å². The molecule has 2 aromatic heterocycles. The second kappa shape index (κ2) is 2.75. The third kappa shape index (κ3) is 1.35. The molecule has 0 atom stereocenters. The maximum absolute atomic E-state index is 4.45. The van der Waals surface area contributed by atoms with Gasteiger partial charge in [0.05, 0.1) is 27.3 Å². The van der Waals surface area contributed by atoms with Crippen LogP contribution >= 0.6 is 0 Å². The first-order chi connectivity index (χ1) is 6.48. The topological polar surface area (TPSA) is 43.1 Å². The van der Waals surface area contributed by atoms with Crippen LogP contribution in [0.3, 0.4) is 0 Å². The fraction of sp³-hybridized carbons (Fsp3) is 0.444. The number of quaternary nitrogens is 1. The normalized spacial score (nSPS) is 12.3. The Hall–Kier alpha value is -1.49. The van der Waals surface area contributed by atoms with Gasteiger partial charge in [-0.3, -0.25) is 4.48 Å². The van der Waals surface area contributed by atoms with Gasteiger partial charge in [0.15, 0.2) is 11.3 Å². The van der Waals surface area contributed by atoms with Crippen molar-refractivity contribution in [1.82, 2.24) is 24.1 Å². The lowest BCUT2D eigenvalue weighted by atomic mass is 10.4. The van der Waals surface area contributed by atoms with Crippen LogP contribution < -0.4 is 4.48 Å². The molecule has 2 rings (SSSR count). The number of fused-ring (bicyclic) bond motifs is 1. The third-order valence-corrected chi connectivity index (χ3v) is 2.00. The van der Waals surface area contributed by atoms with E-state index in [1.54, 1.807) is 17.0 Å². The van der Waals surface area contributed by atoms with Crippen LogP contribution in [0.1, 0.15) is 5.82 Å². The first-order valence-corrected chi connectivity index (χ1v) is 4.47. The summed E-state index contributed by atoms with van der Waals surface area (Å²) in [5.74, 6) is 1.74. The van der Waals surface area contributed by atoms with E-state index in [4.69, 9.17) is 0 Å². The van der Waals surface area contributed by atoms with Crippen molar-refractivity contribution in [2.75, 3.05) is 21.1 Å². The Morgan fingerprint density at radius 1 is 1.29 bits per heavy atom. The smallest absolute Gasteiger partial charge is 0.256 e. The number of hydrogen-bond donors (Lipinski definition) is 0. The van der Waals surface area contributed by atoms with Crippen molar-refractivity contribution >= 4 is 11.3 Å². The average molecular weight is 192 g/mol.